The molecule has 0 aliphatic heterocycles. The van der Waals surface area contributed by atoms with E-state index in [2.05, 4.69) is 11.3 Å². The molecule has 0 fully saturated rings. The molecule has 0 spiro atoms. The molecular weight excluding hydrogens is 188 g/mol. The van der Waals surface area contributed by atoms with E-state index >= 15 is 0 Å². The van der Waals surface area contributed by atoms with Crippen LogP contribution in [0, 0.1) is 6.33 Å². The van der Waals surface area contributed by atoms with Crippen molar-refractivity contribution < 1.29 is 8.42 Å². The molecule has 0 aliphatic rings. The Hall–Kier alpha value is -1.36. The maximum absolute atomic E-state index is 11.2. The van der Waals surface area contributed by atoms with Crippen LogP contribution < -0.4 is 0 Å². The Bertz CT molecular complexity index is 542. The summed E-state index contributed by atoms with van der Waals surface area (Å²) in [5.41, 5.74) is 1.19. The van der Waals surface area contributed by atoms with Gasteiger partial charge in [-0.1, -0.05) is 12.1 Å². The summed E-state index contributed by atoms with van der Waals surface area (Å²) in [7, 11) is -3.29. The molecule has 13 heavy (non-hydrogen) atoms. The number of imidazole rings is 1. The van der Waals surface area contributed by atoms with Crippen LogP contribution in [0.1, 0.15) is 0 Å². The lowest BCUT2D eigenvalue weighted by molar-refractivity contribution is 0.594. The molecule has 2 aromatic rings. The Kier molecular flexibility index (Phi) is 1.63. The van der Waals surface area contributed by atoms with Crippen molar-refractivity contribution >= 4 is 21.1 Å². The van der Waals surface area contributed by atoms with Gasteiger partial charge in [0.15, 0.2) is 6.33 Å². The van der Waals surface area contributed by atoms with Crippen LogP contribution in [-0.2, 0) is 10.0 Å². The number of para-hydroxylation sites is 2. The molecule has 0 amide bonds. The molecule has 0 unspecified atom stereocenters. The quantitative estimate of drug-likeness (QED) is 0.671. The summed E-state index contributed by atoms with van der Waals surface area (Å²) in [5.74, 6) is 0. The second-order valence-corrected chi connectivity index (χ2v) is 4.56. The second kappa shape index (κ2) is 2.56. The zero-order valence-electron chi connectivity index (χ0n) is 6.93. The lowest BCUT2D eigenvalue weighted by atomic mass is 10.3. The summed E-state index contributed by atoms with van der Waals surface area (Å²) in [4.78, 5) is 3.84. The van der Waals surface area contributed by atoms with Gasteiger partial charge in [0, 0.05) is 0 Å². The SMILES string of the molecule is CS(=O)(=O)n1[c]nc2ccccc21. The predicted molar refractivity (Wildman–Crippen MR) is 48.8 cm³/mol. The van der Waals surface area contributed by atoms with E-state index in [-0.39, 0.29) is 0 Å². The smallest absolute Gasteiger partial charge is 0.224 e. The highest BCUT2D eigenvalue weighted by Crippen LogP contribution is 2.12. The Balaban J connectivity index is 2.87. The first-order valence-corrected chi connectivity index (χ1v) is 5.49. The maximum atomic E-state index is 11.2. The molecule has 0 aliphatic carbocycles. The van der Waals surface area contributed by atoms with Gasteiger partial charge >= 0.3 is 0 Å². The van der Waals surface area contributed by atoms with Gasteiger partial charge in [0.05, 0.1) is 17.3 Å². The highest BCUT2D eigenvalue weighted by molar-refractivity contribution is 7.89. The van der Waals surface area contributed by atoms with Crippen LogP contribution in [-0.4, -0.2) is 23.6 Å². The molecule has 2 rings (SSSR count). The third kappa shape index (κ3) is 1.31. The maximum Gasteiger partial charge on any atom is 0.237 e. The van der Waals surface area contributed by atoms with E-state index in [4.69, 9.17) is 0 Å². The van der Waals surface area contributed by atoms with Crippen molar-refractivity contribution in [3.63, 3.8) is 0 Å². The topological polar surface area (TPSA) is 52.0 Å². The van der Waals surface area contributed by atoms with Gasteiger partial charge in [-0.2, -0.15) is 0 Å². The average molecular weight is 195 g/mol. The van der Waals surface area contributed by atoms with E-state index in [1.54, 1.807) is 24.3 Å². The van der Waals surface area contributed by atoms with Gasteiger partial charge in [0.2, 0.25) is 10.0 Å². The molecule has 5 heteroatoms. The van der Waals surface area contributed by atoms with Crippen LogP contribution in [0.3, 0.4) is 0 Å². The Morgan fingerprint density at radius 1 is 1.38 bits per heavy atom. The molecule has 0 bridgehead atoms. The van der Waals surface area contributed by atoms with E-state index in [0.717, 1.165) is 10.2 Å². The van der Waals surface area contributed by atoms with E-state index in [1.807, 2.05) is 0 Å². The van der Waals surface area contributed by atoms with Crippen molar-refractivity contribution in [2.45, 2.75) is 0 Å². The van der Waals surface area contributed by atoms with Crippen molar-refractivity contribution in [2.75, 3.05) is 6.26 Å². The predicted octanol–water partition coefficient (Wildman–Crippen LogP) is 0.644. The third-order valence-electron chi connectivity index (χ3n) is 1.69. The Labute approximate surface area is 75.9 Å². The highest BCUT2D eigenvalue weighted by atomic mass is 32.2. The largest absolute Gasteiger partial charge is 0.237 e. The van der Waals surface area contributed by atoms with Crippen molar-refractivity contribution in [2.24, 2.45) is 0 Å². The monoisotopic (exact) mass is 195 g/mol. The van der Waals surface area contributed by atoms with Crippen molar-refractivity contribution in [3.05, 3.63) is 30.6 Å². The highest BCUT2D eigenvalue weighted by Gasteiger charge is 2.09. The minimum Gasteiger partial charge on any atom is -0.224 e. The standard InChI is InChI=1S/C8H7N2O2S/c1-13(11,12)10-6-9-7-4-2-3-5-8(7)10/h2-5H,1H3. The Morgan fingerprint density at radius 2 is 2.08 bits per heavy atom. The first-order valence-electron chi connectivity index (χ1n) is 3.65. The summed E-state index contributed by atoms with van der Waals surface area (Å²) < 4.78 is 23.4. The fraction of sp³-hybridized carbons (Fsp3) is 0.125. The molecule has 0 saturated heterocycles. The zero-order chi connectivity index (χ0) is 9.47. The lowest BCUT2D eigenvalue weighted by Crippen LogP contribution is -2.08. The summed E-state index contributed by atoms with van der Waals surface area (Å²) in [6.07, 6.45) is 3.56. The van der Waals surface area contributed by atoms with Crippen LogP contribution >= 0.6 is 0 Å². The van der Waals surface area contributed by atoms with Crippen molar-refractivity contribution in [3.8, 4) is 0 Å². The number of fused-ring (bicyclic) bond motifs is 1. The molecule has 0 atom stereocenters. The fourth-order valence-electron chi connectivity index (χ4n) is 1.14. The van der Waals surface area contributed by atoms with Gasteiger partial charge in [0.25, 0.3) is 0 Å². The Morgan fingerprint density at radius 3 is 2.77 bits per heavy atom. The number of aromatic nitrogens is 2. The molecule has 4 nitrogen and oxygen atoms in total. The lowest BCUT2D eigenvalue weighted by Gasteiger charge is -1.97. The van der Waals surface area contributed by atoms with Gasteiger partial charge in [-0.05, 0) is 12.1 Å². The number of nitrogens with zero attached hydrogens (tertiary/aromatic N) is 2. The first-order chi connectivity index (χ1) is 6.09. The molecule has 1 radical (unpaired) electrons. The second-order valence-electron chi connectivity index (χ2n) is 2.73. The molecule has 0 N–H and O–H groups in total. The molecule has 67 valence electrons. The van der Waals surface area contributed by atoms with Gasteiger partial charge < -0.3 is 0 Å². The summed E-state index contributed by atoms with van der Waals surface area (Å²) in [6.45, 7) is 0. The third-order valence-corrected chi connectivity index (χ3v) is 2.64. The molecule has 1 heterocycles. The average Bonchev–Trinajstić information content (AvgIpc) is 2.45. The molecular formula is C8H7N2O2S. The number of benzene rings is 1. The van der Waals surface area contributed by atoms with E-state index in [0.29, 0.717) is 11.0 Å². The van der Waals surface area contributed by atoms with Crippen LogP contribution in [0.2, 0.25) is 0 Å². The van der Waals surface area contributed by atoms with Crippen LogP contribution in [0.4, 0.5) is 0 Å². The van der Waals surface area contributed by atoms with E-state index in [1.165, 1.54) is 0 Å². The van der Waals surface area contributed by atoms with Crippen LogP contribution in [0.5, 0.6) is 0 Å². The van der Waals surface area contributed by atoms with E-state index in [9.17, 15) is 8.42 Å². The minimum absolute atomic E-state index is 0.560. The van der Waals surface area contributed by atoms with E-state index < -0.39 is 10.0 Å². The number of rotatable bonds is 1. The minimum atomic E-state index is -3.29. The summed E-state index contributed by atoms with van der Waals surface area (Å²) >= 11 is 0. The molecule has 1 aromatic heterocycles. The first kappa shape index (κ1) is 8.25. The van der Waals surface area contributed by atoms with Crippen molar-refractivity contribution in [1.29, 1.82) is 0 Å². The molecule has 1 aromatic carbocycles. The number of hydrogen-bond acceptors (Lipinski definition) is 3. The van der Waals surface area contributed by atoms with Gasteiger partial charge in [0.1, 0.15) is 0 Å². The van der Waals surface area contributed by atoms with Gasteiger partial charge in [-0.3, -0.25) is 0 Å². The van der Waals surface area contributed by atoms with Crippen LogP contribution in [0.25, 0.3) is 11.0 Å². The van der Waals surface area contributed by atoms with Gasteiger partial charge in [-0.25, -0.2) is 17.4 Å². The fourth-order valence-corrected chi connectivity index (χ4v) is 1.84. The number of hydrogen-bond donors (Lipinski definition) is 0. The van der Waals surface area contributed by atoms with Crippen LogP contribution in [0.15, 0.2) is 24.3 Å². The molecule has 0 saturated carbocycles. The normalized spacial score (nSPS) is 12.1. The summed E-state index contributed by atoms with van der Waals surface area (Å²) in [6, 6.07) is 7.00. The zero-order valence-corrected chi connectivity index (χ0v) is 7.75. The van der Waals surface area contributed by atoms with Gasteiger partial charge in [-0.15, -0.1) is 0 Å². The van der Waals surface area contributed by atoms with Crippen molar-refractivity contribution in [1.82, 2.24) is 8.96 Å². The summed E-state index contributed by atoms with van der Waals surface area (Å²) in [5, 5.41) is 0.